The van der Waals surface area contributed by atoms with Gasteiger partial charge in [-0.2, -0.15) is 5.10 Å². The summed E-state index contributed by atoms with van der Waals surface area (Å²) in [4.78, 5) is 170. The Hall–Kier alpha value is -14.9. The van der Waals surface area contributed by atoms with Crippen LogP contribution in [0.1, 0.15) is 191 Å². The number of carbonyl (C=O) groups excluding carboxylic acids is 12. The van der Waals surface area contributed by atoms with Crippen LogP contribution >= 0.6 is 0 Å². The van der Waals surface area contributed by atoms with E-state index in [1.54, 1.807) is 31.6 Å². The number of aromatic amines is 1. The lowest BCUT2D eigenvalue weighted by molar-refractivity contribution is -0.155. The van der Waals surface area contributed by atoms with Crippen LogP contribution < -0.4 is 52.2 Å². The van der Waals surface area contributed by atoms with Gasteiger partial charge in [0.15, 0.2) is 24.2 Å². The van der Waals surface area contributed by atoms with Crippen LogP contribution in [0.25, 0.3) is 10.9 Å². The summed E-state index contributed by atoms with van der Waals surface area (Å²) in [6.45, 7) is 3.42. The highest BCUT2D eigenvalue weighted by atomic mass is 16.5. The van der Waals surface area contributed by atoms with Gasteiger partial charge in [-0.15, -0.1) is 0 Å². The number of nitrogens with one attached hydrogen (secondary N) is 9. The highest BCUT2D eigenvalue weighted by molar-refractivity contribution is 6.20. The van der Waals surface area contributed by atoms with Crippen molar-refractivity contribution in [3.63, 3.8) is 0 Å². The molecule has 8 aliphatic rings. The Morgan fingerprint density at radius 3 is 1.18 bits per heavy atom. The molecule has 0 spiro atoms. The standard InChI is InChI=1S/C32H35N3O4.C31H31N5O3.C29H33N5O3.C19H25N3O3/c36-30(33-26-14-8-3-9-15-26)29-31(37)34-28(32(38)35(29)21-24-10-4-1-5-11-24)20-23-16-18-27(19-17-23)39-22-25-12-6-2-7-13-25;37-29(33-23-14-8-3-9-15-23)28-30(38)34-27(26(20-10-4-1-5-11-20)21-12-6-2-7-13-21)31(39)36(28)24-16-17-25-22(18-24)19-32-35-25;35-27(31-23-14-8-3-9-15-23)26-28(36)32-25(29(37)34(26)18-22-12-6-2-7-13-22)16-24-19-33(20-30-24)17-21-10-4-1-5-11-21;1-13-19(25)22(12-14-8-4-2-5-9-14)16(17(23)20-13)18(24)21-15-10-6-3-7-11-15/h1-2,4-7,10-13,16-19,26,28-29H,3,8-9,14-15,20-22H2,(H,33,36)(H,34,37);1-2,4-7,10-13,16-19,23,26-28H,3,8-9,14-15H2,(H,32,35)(H,33,37)(H,34,38);1-2,4-7,10-13,19-20,23,25-26H,3,8-9,14-18H2,(H,31,35)(H,32,36);2,4-5,8-9,13,15-16H,3,6-7,10-12H2,1H3,(H,20,23)(H,21,24). The molecule has 9 aromatic carbocycles. The average molecular weight is 1890 g/mol. The summed E-state index contributed by atoms with van der Waals surface area (Å²) >= 11 is 0. The van der Waals surface area contributed by atoms with Gasteiger partial charge in [-0.3, -0.25) is 67.5 Å². The molecule has 29 heteroatoms. The molecule has 4 aliphatic heterocycles. The summed E-state index contributed by atoms with van der Waals surface area (Å²) < 4.78 is 7.83. The van der Waals surface area contributed by atoms with E-state index in [-0.39, 0.29) is 79.8 Å². The second-order valence-electron chi connectivity index (χ2n) is 37.7. The number of nitrogens with zero attached hydrogens (tertiary/aromatic N) is 7. The van der Waals surface area contributed by atoms with E-state index in [0.717, 1.165) is 183 Å². The fourth-order valence-corrected chi connectivity index (χ4v) is 20.2. The normalized spacial score (nSPS) is 21.0. The van der Waals surface area contributed by atoms with Crippen molar-refractivity contribution in [2.24, 2.45) is 0 Å². The Morgan fingerprint density at radius 2 is 0.750 bits per heavy atom. The van der Waals surface area contributed by atoms with Gasteiger partial charge in [0.05, 0.1) is 23.7 Å². The van der Waals surface area contributed by atoms with E-state index in [2.05, 4.69) is 57.7 Å². The van der Waals surface area contributed by atoms with E-state index in [0.29, 0.717) is 31.0 Å². The lowest BCUT2D eigenvalue weighted by Crippen LogP contribution is -2.69. The van der Waals surface area contributed by atoms with Gasteiger partial charge in [0.2, 0.25) is 17.7 Å². The number of piperazine rings is 4. The SMILES string of the molecule is CC1NC(=O)C(C(=O)NC2CCCCC2)N(Cc2ccccc2)C1=O.O=C(NC1CCCCC1)C1C(=O)NC(C(c2ccccc2)c2ccccc2)C(=O)N1c1ccc2[nH]ncc2c1.O=C(NC1CCCCC1)C1C(=O)NC(Cc2ccc(OCc3ccccc3)cc2)C(=O)N1Cc1ccccc1.O=C(NC1CCCCC1)C1C(=O)NC(Cc2cn(Cc3ccccc3)cn2)C(=O)N1Cc1ccccc1. The second-order valence-corrected chi connectivity index (χ2v) is 37.7. The van der Waals surface area contributed by atoms with Gasteiger partial charge in [0.25, 0.3) is 53.2 Å². The fraction of sp³-hybridized carbons (Fsp3) is 0.369. The first-order chi connectivity index (χ1) is 68.3. The van der Waals surface area contributed by atoms with Crippen molar-refractivity contribution in [3.05, 3.63) is 324 Å². The Morgan fingerprint density at radius 1 is 0.379 bits per heavy atom. The average Bonchev–Trinajstić information content (AvgIpc) is 1.18. The molecule has 0 radical (unpaired) electrons. The maximum absolute atomic E-state index is 14.4. The van der Waals surface area contributed by atoms with Crippen molar-refractivity contribution in [1.82, 2.24) is 77.0 Å². The van der Waals surface area contributed by atoms with E-state index in [9.17, 15) is 57.5 Å². The van der Waals surface area contributed by atoms with Crippen LogP contribution in [0.3, 0.4) is 0 Å². The lowest BCUT2D eigenvalue weighted by Gasteiger charge is -2.41. The lowest BCUT2D eigenvalue weighted by atomic mass is 9.82. The van der Waals surface area contributed by atoms with Crippen molar-refractivity contribution in [1.29, 1.82) is 0 Å². The molecule has 4 saturated heterocycles. The summed E-state index contributed by atoms with van der Waals surface area (Å²) in [5, 5.41) is 31.1. The minimum atomic E-state index is -1.31. The summed E-state index contributed by atoms with van der Waals surface area (Å²) in [5.74, 6) is -4.21. The molecule has 8 atom stereocenters. The molecule has 8 unspecified atom stereocenters. The molecule has 8 fully saturated rings. The fourth-order valence-electron chi connectivity index (χ4n) is 20.2. The number of carbonyl (C=O) groups is 12. The van der Waals surface area contributed by atoms with E-state index < -0.39 is 95.6 Å². The quantitative estimate of drug-likeness (QED) is 0.0216. The van der Waals surface area contributed by atoms with Gasteiger partial charge in [0.1, 0.15) is 36.5 Å². The maximum atomic E-state index is 14.4. The molecule has 4 aliphatic carbocycles. The Balaban J connectivity index is 0.000000136. The van der Waals surface area contributed by atoms with Crippen LogP contribution in [0.4, 0.5) is 5.69 Å². The highest BCUT2D eigenvalue weighted by Crippen LogP contribution is 2.36. The number of anilines is 1. The number of H-pyrrole nitrogens is 1. The van der Waals surface area contributed by atoms with Crippen molar-refractivity contribution >= 4 is 87.5 Å². The first-order valence-corrected chi connectivity index (χ1v) is 49.4. The second kappa shape index (κ2) is 47.9. The largest absolute Gasteiger partial charge is 0.489 e. The number of aromatic nitrogens is 4. The van der Waals surface area contributed by atoms with Gasteiger partial charge in [-0.05, 0) is 133 Å². The molecule has 0 bridgehead atoms. The Kier molecular flexibility index (Phi) is 33.6. The molecule has 12 amide bonds. The van der Waals surface area contributed by atoms with Crippen molar-refractivity contribution in [3.8, 4) is 5.75 Å². The molecule has 9 N–H and O–H groups in total. The Bertz CT molecular complexity index is 6000. The van der Waals surface area contributed by atoms with E-state index in [1.807, 2.05) is 253 Å². The van der Waals surface area contributed by atoms with E-state index >= 15 is 0 Å². The number of imidazole rings is 1. The van der Waals surface area contributed by atoms with Crippen LogP contribution in [0, 0.1) is 0 Å². The molecule has 11 aromatic rings. The van der Waals surface area contributed by atoms with Crippen LogP contribution in [0.5, 0.6) is 5.75 Å². The van der Waals surface area contributed by atoms with Gasteiger partial charge in [-0.25, -0.2) is 4.98 Å². The van der Waals surface area contributed by atoms with Crippen LogP contribution in [-0.2, 0) is 103 Å². The third-order valence-electron chi connectivity index (χ3n) is 27.5. The first kappa shape index (κ1) is 98.2. The molecule has 140 heavy (non-hydrogen) atoms. The molecule has 2 aromatic heterocycles. The predicted molar refractivity (Wildman–Crippen MR) is 530 cm³/mol. The van der Waals surface area contributed by atoms with Crippen LogP contribution in [-0.4, -0.2) is 178 Å². The van der Waals surface area contributed by atoms with Gasteiger partial charge >= 0.3 is 0 Å². The smallest absolute Gasteiger partial charge is 0.253 e. The van der Waals surface area contributed by atoms with Crippen LogP contribution in [0.15, 0.2) is 274 Å². The zero-order valence-corrected chi connectivity index (χ0v) is 79.0. The predicted octanol–water partition coefficient (Wildman–Crippen LogP) is 12.4. The Labute approximate surface area is 815 Å². The summed E-state index contributed by atoms with van der Waals surface area (Å²) in [6.07, 6.45) is 26.3. The zero-order chi connectivity index (χ0) is 97.2. The molecular weight excluding hydrogens is 1770 g/mol. The third kappa shape index (κ3) is 25.5. The van der Waals surface area contributed by atoms with Crippen molar-refractivity contribution in [2.45, 2.75) is 259 Å². The van der Waals surface area contributed by atoms with Gasteiger partial charge in [0, 0.05) is 86.4 Å². The first-order valence-electron chi connectivity index (χ1n) is 49.4. The zero-order valence-electron chi connectivity index (χ0n) is 79.0. The van der Waals surface area contributed by atoms with E-state index in [1.165, 1.54) is 26.0 Å². The van der Waals surface area contributed by atoms with Crippen LogP contribution in [0.2, 0.25) is 0 Å². The third-order valence-corrected chi connectivity index (χ3v) is 27.5. The molecule has 19 rings (SSSR count). The summed E-state index contributed by atoms with van der Waals surface area (Å²) in [5.41, 5.74) is 9.55. The number of hydrogen-bond acceptors (Lipinski definition) is 15. The molecule has 6 heterocycles. The van der Waals surface area contributed by atoms with Crippen molar-refractivity contribution < 1.29 is 62.3 Å². The summed E-state index contributed by atoms with van der Waals surface area (Å²) in [7, 11) is 0. The number of hydrogen-bond donors (Lipinski definition) is 9. The minimum absolute atomic E-state index is 0.00599. The molecule has 29 nitrogen and oxygen atoms in total. The molecule has 726 valence electrons. The van der Waals surface area contributed by atoms with E-state index in [4.69, 9.17) is 4.74 Å². The molecule has 4 saturated carbocycles. The highest BCUT2D eigenvalue weighted by Gasteiger charge is 2.51. The maximum Gasteiger partial charge on any atom is 0.253 e. The number of rotatable bonds is 27. The van der Waals surface area contributed by atoms with Gasteiger partial charge < -0.3 is 66.5 Å². The summed E-state index contributed by atoms with van der Waals surface area (Å²) in [6, 6.07) is 73.0. The minimum Gasteiger partial charge on any atom is -0.489 e. The molecular formula is C111H124N16O13. The number of fused-ring (bicyclic) bond motifs is 1. The van der Waals surface area contributed by atoms with Gasteiger partial charge in [-0.1, -0.05) is 302 Å². The topological polar surface area (TPSA) is 370 Å². The number of benzene rings is 9. The number of amides is 12. The number of ether oxygens (including phenoxy) is 1. The van der Waals surface area contributed by atoms with Crippen molar-refractivity contribution in [2.75, 3.05) is 4.90 Å². The monoisotopic (exact) mass is 1890 g/mol.